The highest BCUT2D eigenvalue weighted by Gasteiger charge is 2.50. The zero-order valence-electron chi connectivity index (χ0n) is 20.1. The van der Waals surface area contributed by atoms with E-state index in [2.05, 4.69) is 72.9 Å². The van der Waals surface area contributed by atoms with Crippen molar-refractivity contribution in [2.75, 3.05) is 11.2 Å². The molecule has 29 heavy (non-hydrogen) atoms. The molecule has 5 nitrogen and oxygen atoms in total. The van der Waals surface area contributed by atoms with Crippen molar-refractivity contribution < 1.29 is 14.1 Å². The molecule has 1 aromatic rings. The van der Waals surface area contributed by atoms with Crippen molar-refractivity contribution in [1.29, 1.82) is 0 Å². The second-order valence-corrected chi connectivity index (χ2v) is 20.6. The van der Waals surface area contributed by atoms with Gasteiger partial charge in [-0.3, -0.25) is 4.79 Å². The fourth-order valence-corrected chi connectivity index (χ4v) is 5.42. The zero-order chi connectivity index (χ0) is 22.4. The summed E-state index contributed by atoms with van der Waals surface area (Å²) in [4.78, 5) is 13.6. The number of hydrogen-bond donors (Lipinski definition) is 0. The van der Waals surface area contributed by atoms with Gasteiger partial charge in [0.2, 0.25) is 0 Å². The fraction of sp³-hybridized carbons (Fsp3) is 0.636. The molecule has 0 N–H and O–H groups in total. The summed E-state index contributed by atoms with van der Waals surface area (Å²) >= 11 is 0. The molecule has 1 aliphatic rings. The van der Waals surface area contributed by atoms with E-state index >= 15 is 0 Å². The number of ether oxygens (including phenoxy) is 1. The average molecular weight is 435 g/mol. The molecule has 1 aromatic carbocycles. The van der Waals surface area contributed by atoms with Gasteiger partial charge < -0.3 is 13.8 Å². The molecule has 1 heterocycles. The Morgan fingerprint density at radius 3 is 2.07 bits per heavy atom. The van der Waals surface area contributed by atoms with Gasteiger partial charge in [0.05, 0.1) is 6.61 Å². The molecule has 0 aliphatic carbocycles. The van der Waals surface area contributed by atoms with Crippen LogP contribution in [0.1, 0.15) is 54.0 Å². The number of carbonyl (C=O) groups excluding carboxylic acids is 1. The summed E-state index contributed by atoms with van der Waals surface area (Å²) in [5.41, 5.74) is 2.14. The summed E-state index contributed by atoms with van der Waals surface area (Å²) in [6.07, 6.45) is 0. The van der Waals surface area contributed by atoms with Crippen LogP contribution in [0.15, 0.2) is 23.4 Å². The van der Waals surface area contributed by atoms with Gasteiger partial charge in [0.25, 0.3) is 14.2 Å². The van der Waals surface area contributed by atoms with Crippen LogP contribution in [0.2, 0.25) is 36.3 Å². The Kier molecular flexibility index (Phi) is 6.18. The van der Waals surface area contributed by atoms with Crippen LogP contribution < -0.4 is 9.30 Å². The number of hydrogen-bond acceptors (Lipinski definition) is 4. The number of nitrogens with zero attached hydrogens (tertiary/aromatic N) is 2. The first-order valence-corrected chi connectivity index (χ1v) is 16.3. The van der Waals surface area contributed by atoms with Gasteiger partial charge in [0.1, 0.15) is 5.75 Å². The Morgan fingerprint density at radius 2 is 1.59 bits per heavy atom. The van der Waals surface area contributed by atoms with Crippen LogP contribution >= 0.6 is 0 Å². The maximum absolute atomic E-state index is 13.6. The molecule has 0 atom stereocenters. The van der Waals surface area contributed by atoms with Gasteiger partial charge in [-0.2, -0.15) is 0 Å². The van der Waals surface area contributed by atoms with Gasteiger partial charge in [-0.1, -0.05) is 59.8 Å². The highest BCUT2D eigenvalue weighted by Crippen LogP contribution is 2.45. The third kappa shape index (κ3) is 4.31. The lowest BCUT2D eigenvalue weighted by Crippen LogP contribution is -2.57. The quantitative estimate of drug-likeness (QED) is 0.412. The van der Waals surface area contributed by atoms with Crippen molar-refractivity contribution >= 4 is 33.9 Å². The summed E-state index contributed by atoms with van der Waals surface area (Å²) < 4.78 is 13.8. The first kappa shape index (κ1) is 23.7. The first-order chi connectivity index (χ1) is 13.0. The van der Waals surface area contributed by atoms with E-state index < -0.39 is 16.6 Å². The third-order valence-electron chi connectivity index (χ3n) is 6.75. The van der Waals surface area contributed by atoms with Crippen LogP contribution in [0.3, 0.4) is 0 Å². The second kappa shape index (κ2) is 7.58. The van der Waals surface area contributed by atoms with Gasteiger partial charge >= 0.3 is 0 Å². The van der Waals surface area contributed by atoms with Crippen LogP contribution in [-0.4, -0.2) is 34.8 Å². The smallest absolute Gasteiger partial charge is 0.286 e. The predicted octanol–water partition coefficient (Wildman–Crippen LogP) is 6.16. The average Bonchev–Trinajstić information content (AvgIpc) is 2.82. The first-order valence-electron chi connectivity index (χ1n) is 10.4. The van der Waals surface area contributed by atoms with Gasteiger partial charge in [-0.25, -0.2) is 0 Å². The van der Waals surface area contributed by atoms with E-state index in [9.17, 15) is 4.79 Å². The maximum atomic E-state index is 13.6. The number of rotatable bonds is 5. The molecule has 0 saturated heterocycles. The number of fused-ring (bicyclic) bond motifs is 1. The number of benzene rings is 1. The summed E-state index contributed by atoms with van der Waals surface area (Å²) in [6, 6.07) is 5.83. The van der Waals surface area contributed by atoms with Crippen molar-refractivity contribution in [2.24, 2.45) is 5.16 Å². The summed E-state index contributed by atoms with van der Waals surface area (Å²) in [5, 5.41) is 4.48. The zero-order valence-corrected chi connectivity index (χ0v) is 22.1. The van der Waals surface area contributed by atoms with Crippen LogP contribution in [0, 0.1) is 0 Å². The number of amides is 1. The molecule has 162 valence electrons. The monoisotopic (exact) mass is 434 g/mol. The number of oxime groups is 1. The molecule has 0 aromatic heterocycles. The fourth-order valence-electron chi connectivity index (χ4n) is 2.76. The highest BCUT2D eigenvalue weighted by atomic mass is 28.4. The lowest BCUT2D eigenvalue weighted by molar-refractivity contribution is -0.111. The van der Waals surface area contributed by atoms with E-state index in [0.29, 0.717) is 12.3 Å². The molecule has 0 unspecified atom stereocenters. The lowest BCUT2D eigenvalue weighted by Gasteiger charge is -2.43. The third-order valence-corrected chi connectivity index (χ3v) is 16.1. The maximum Gasteiger partial charge on any atom is 0.286 e. The van der Waals surface area contributed by atoms with Crippen LogP contribution in [0.5, 0.6) is 5.75 Å². The normalized spacial score (nSPS) is 17.0. The van der Waals surface area contributed by atoms with E-state index in [4.69, 9.17) is 9.26 Å². The molecule has 0 spiro atoms. The standard InChI is InChI=1S/C22H38N2O3Si2/c1-12-26-16-13-14-17-18(15-16)24(28(8,9)21(2,3)4)20(25)19(17)23-27-29(10,11)22(5,6)7/h13-15H,12H2,1-11H3/b23-19+. The molecule has 1 amide bonds. The topological polar surface area (TPSA) is 51.1 Å². The van der Waals surface area contributed by atoms with Gasteiger partial charge in [-0.05, 0) is 42.2 Å². The molecule has 0 radical (unpaired) electrons. The van der Waals surface area contributed by atoms with Gasteiger partial charge in [0.15, 0.2) is 13.9 Å². The Hall–Kier alpha value is -1.61. The van der Waals surface area contributed by atoms with Gasteiger partial charge in [-0.15, -0.1) is 0 Å². The van der Waals surface area contributed by atoms with Crippen molar-refractivity contribution in [2.45, 2.75) is 84.7 Å². The van der Waals surface area contributed by atoms with E-state index in [1.807, 2.05) is 29.7 Å². The summed E-state index contributed by atoms with van der Waals surface area (Å²) in [6.45, 7) is 24.4. The molecule has 7 heteroatoms. The summed E-state index contributed by atoms with van der Waals surface area (Å²) in [7, 11) is -4.31. The Labute approximate surface area is 178 Å². The Morgan fingerprint density at radius 1 is 1.00 bits per heavy atom. The van der Waals surface area contributed by atoms with Crippen LogP contribution in [-0.2, 0) is 9.32 Å². The molecular formula is C22H38N2O3Si2. The van der Waals surface area contributed by atoms with Crippen LogP contribution in [0.4, 0.5) is 5.69 Å². The van der Waals surface area contributed by atoms with Crippen molar-refractivity contribution in [3.8, 4) is 5.75 Å². The van der Waals surface area contributed by atoms with Crippen molar-refractivity contribution in [3.63, 3.8) is 0 Å². The molecule has 1 aliphatic heterocycles. The second-order valence-electron chi connectivity index (χ2n) is 10.9. The van der Waals surface area contributed by atoms with Crippen molar-refractivity contribution in [3.05, 3.63) is 23.8 Å². The molecule has 0 saturated carbocycles. The number of anilines is 1. The largest absolute Gasteiger partial charge is 0.494 e. The van der Waals surface area contributed by atoms with Crippen LogP contribution in [0.25, 0.3) is 0 Å². The molecule has 0 fully saturated rings. The minimum atomic E-state index is -2.18. The predicted molar refractivity (Wildman–Crippen MR) is 127 cm³/mol. The minimum absolute atomic E-state index is 0.00269. The Balaban J connectivity index is 2.61. The molecule has 0 bridgehead atoms. The van der Waals surface area contributed by atoms with Gasteiger partial charge in [0, 0.05) is 17.3 Å². The molecule has 2 rings (SSSR count). The highest BCUT2D eigenvalue weighted by molar-refractivity contribution is 6.90. The van der Waals surface area contributed by atoms with E-state index in [1.165, 1.54) is 0 Å². The Bertz CT molecular complexity index is 818. The lowest BCUT2D eigenvalue weighted by atomic mass is 10.1. The molecular weight excluding hydrogens is 396 g/mol. The van der Waals surface area contributed by atoms with E-state index in [0.717, 1.165) is 17.0 Å². The number of carbonyl (C=O) groups is 1. The SMILES string of the molecule is CCOc1ccc2c(c1)N([Si](C)(C)C(C)(C)C)C(=O)/C2=N/O[Si](C)(C)C(C)(C)C. The minimum Gasteiger partial charge on any atom is -0.494 e. The van der Waals surface area contributed by atoms with Crippen molar-refractivity contribution in [1.82, 2.24) is 0 Å². The van der Waals surface area contributed by atoms with E-state index in [-0.39, 0.29) is 16.0 Å². The summed E-state index contributed by atoms with van der Waals surface area (Å²) in [5.74, 6) is 0.716. The van der Waals surface area contributed by atoms with E-state index in [1.54, 1.807) is 0 Å².